The van der Waals surface area contributed by atoms with Crippen molar-refractivity contribution in [3.05, 3.63) is 101 Å². The summed E-state index contributed by atoms with van der Waals surface area (Å²) in [6, 6.07) is 22.1. The molecule has 2 nitrogen and oxygen atoms in total. The van der Waals surface area contributed by atoms with E-state index in [9.17, 15) is 0 Å². The van der Waals surface area contributed by atoms with Gasteiger partial charge in [-0.15, -0.1) is 0 Å². The Morgan fingerprint density at radius 3 is 1.89 bits per heavy atom. The lowest BCUT2D eigenvalue weighted by molar-refractivity contribution is 0.293. The topological polar surface area (TPSA) is 12.5 Å². The smallest absolute Gasteiger partial charge is 0.151 e. The van der Waals surface area contributed by atoms with Crippen LogP contribution < -0.4 is 9.64 Å². The molecule has 0 N–H and O–H groups in total. The van der Waals surface area contributed by atoms with Gasteiger partial charge in [-0.2, -0.15) is 0 Å². The van der Waals surface area contributed by atoms with Crippen molar-refractivity contribution in [3.63, 3.8) is 0 Å². The molecule has 2 heteroatoms. The monoisotopic (exact) mass is 479 g/mol. The second-order valence-electron chi connectivity index (χ2n) is 11.6. The van der Waals surface area contributed by atoms with E-state index in [1.807, 2.05) is 0 Å². The van der Waals surface area contributed by atoms with Crippen molar-refractivity contribution in [1.82, 2.24) is 0 Å². The summed E-state index contributed by atoms with van der Waals surface area (Å²) in [6.45, 7) is 17.9. The van der Waals surface area contributed by atoms with Gasteiger partial charge in [-0.1, -0.05) is 75.8 Å². The van der Waals surface area contributed by atoms with E-state index in [1.165, 1.54) is 22.3 Å². The summed E-state index contributed by atoms with van der Waals surface area (Å²) in [5.74, 6) is 1.81. The number of fused-ring (bicyclic) bond motifs is 2. The maximum Gasteiger partial charge on any atom is 0.151 e. The predicted molar refractivity (Wildman–Crippen MR) is 155 cm³/mol. The van der Waals surface area contributed by atoms with Crippen molar-refractivity contribution in [3.8, 4) is 11.5 Å². The maximum atomic E-state index is 6.34. The maximum absolute atomic E-state index is 6.34. The van der Waals surface area contributed by atoms with Gasteiger partial charge in [0.05, 0.1) is 11.4 Å². The van der Waals surface area contributed by atoms with Crippen molar-refractivity contribution in [1.29, 1.82) is 0 Å². The highest BCUT2D eigenvalue weighted by molar-refractivity contribution is 5.86. The molecule has 0 aromatic heterocycles. The zero-order valence-electron chi connectivity index (χ0n) is 23.3. The molecular weight excluding hydrogens is 438 g/mol. The summed E-state index contributed by atoms with van der Waals surface area (Å²) in [5, 5.41) is 0. The van der Waals surface area contributed by atoms with E-state index in [-0.39, 0.29) is 10.8 Å². The second kappa shape index (κ2) is 10.0. The number of nitrogens with zero attached hydrogens (tertiary/aromatic N) is 1. The lowest BCUT2D eigenvalue weighted by atomic mass is 9.68. The molecule has 0 radical (unpaired) electrons. The van der Waals surface area contributed by atoms with Crippen molar-refractivity contribution >= 4 is 17.1 Å². The number of ether oxygens (including phenoxy) is 1. The fourth-order valence-corrected chi connectivity index (χ4v) is 5.31. The molecule has 3 aromatic rings. The average Bonchev–Trinajstić information content (AvgIpc) is 2.81. The van der Waals surface area contributed by atoms with Gasteiger partial charge < -0.3 is 9.64 Å². The largest absolute Gasteiger partial charge is 0.453 e. The van der Waals surface area contributed by atoms with Crippen LogP contribution in [0.4, 0.5) is 17.1 Å². The highest BCUT2D eigenvalue weighted by Crippen LogP contribution is 2.51. The van der Waals surface area contributed by atoms with Crippen LogP contribution in [0.25, 0.3) is 0 Å². The van der Waals surface area contributed by atoms with E-state index >= 15 is 0 Å². The zero-order valence-corrected chi connectivity index (χ0v) is 23.3. The lowest BCUT2D eigenvalue weighted by Crippen LogP contribution is -2.28. The Bertz CT molecular complexity index is 1240. The minimum Gasteiger partial charge on any atom is -0.453 e. The number of allylic oxidation sites excluding steroid dienone is 4. The molecular formula is C34H41NO. The normalized spacial score (nSPS) is 14.6. The number of hydrogen-bond donors (Lipinski definition) is 0. The van der Waals surface area contributed by atoms with Crippen molar-refractivity contribution in [2.45, 2.75) is 73.6 Å². The number of hydrogen-bond acceptors (Lipinski definition) is 2. The number of benzene rings is 3. The van der Waals surface area contributed by atoms with Crippen molar-refractivity contribution in [2.24, 2.45) is 5.41 Å². The third-order valence-electron chi connectivity index (χ3n) is 7.36. The summed E-state index contributed by atoms with van der Waals surface area (Å²) in [7, 11) is 0. The molecule has 1 atom stereocenters. The molecule has 3 aromatic carbocycles. The molecule has 1 heterocycles. The van der Waals surface area contributed by atoms with Gasteiger partial charge in [0.25, 0.3) is 0 Å². The molecule has 0 bridgehead atoms. The number of aryl methyl sites for hydroxylation is 2. The highest BCUT2D eigenvalue weighted by Gasteiger charge is 2.32. The Kier molecular flexibility index (Phi) is 7.18. The number of rotatable bonds is 7. The molecule has 1 aliphatic rings. The molecule has 1 unspecified atom stereocenters. The van der Waals surface area contributed by atoms with Gasteiger partial charge in [-0.3, -0.25) is 0 Å². The third-order valence-corrected chi connectivity index (χ3v) is 7.36. The summed E-state index contributed by atoms with van der Waals surface area (Å²) < 4.78 is 6.34. The minimum atomic E-state index is 0.0897. The molecule has 0 saturated carbocycles. The summed E-state index contributed by atoms with van der Waals surface area (Å²) in [5.41, 5.74) is 8.60. The molecule has 0 amide bonds. The minimum absolute atomic E-state index is 0.0897. The Balaban J connectivity index is 1.69. The highest BCUT2D eigenvalue weighted by atomic mass is 16.5. The van der Waals surface area contributed by atoms with E-state index in [0.717, 1.165) is 41.4 Å². The molecule has 36 heavy (non-hydrogen) atoms. The molecule has 1 aliphatic heterocycles. The second-order valence-corrected chi connectivity index (χ2v) is 11.6. The van der Waals surface area contributed by atoms with Gasteiger partial charge in [0.1, 0.15) is 0 Å². The molecule has 0 aliphatic carbocycles. The first-order valence-electron chi connectivity index (χ1n) is 13.1. The van der Waals surface area contributed by atoms with Gasteiger partial charge in [-0.25, -0.2) is 0 Å². The van der Waals surface area contributed by atoms with Crippen LogP contribution in [-0.2, 0) is 5.41 Å². The Morgan fingerprint density at radius 1 is 0.833 bits per heavy atom. The van der Waals surface area contributed by atoms with E-state index < -0.39 is 0 Å². The van der Waals surface area contributed by atoms with Crippen LogP contribution in [0.3, 0.4) is 0 Å². The van der Waals surface area contributed by atoms with Crippen molar-refractivity contribution < 1.29 is 4.74 Å². The molecule has 4 rings (SSSR count). The molecule has 188 valence electrons. The molecule has 0 spiro atoms. The van der Waals surface area contributed by atoms with Crippen molar-refractivity contribution in [2.75, 3.05) is 4.90 Å². The Labute approximate surface area is 218 Å². The lowest BCUT2D eigenvalue weighted by Gasteiger charge is -2.37. The van der Waals surface area contributed by atoms with Gasteiger partial charge in [-0.05, 0) is 104 Å². The summed E-state index contributed by atoms with van der Waals surface area (Å²) in [4.78, 5) is 2.33. The van der Waals surface area contributed by atoms with E-state index in [4.69, 9.17) is 4.74 Å². The van der Waals surface area contributed by atoms with Crippen LogP contribution in [0, 0.1) is 19.3 Å². The van der Waals surface area contributed by atoms with Crippen LogP contribution in [0.2, 0.25) is 0 Å². The summed E-state index contributed by atoms with van der Waals surface area (Å²) >= 11 is 0. The third kappa shape index (κ3) is 5.43. The Morgan fingerprint density at radius 2 is 1.39 bits per heavy atom. The Hall–Kier alpha value is -3.26. The fourth-order valence-electron chi connectivity index (χ4n) is 5.31. The van der Waals surface area contributed by atoms with Crippen LogP contribution in [-0.4, -0.2) is 0 Å². The van der Waals surface area contributed by atoms with Crippen LogP contribution >= 0.6 is 0 Å². The van der Waals surface area contributed by atoms with Gasteiger partial charge in [0, 0.05) is 5.69 Å². The van der Waals surface area contributed by atoms with Crippen LogP contribution in [0.15, 0.2) is 84.5 Å². The van der Waals surface area contributed by atoms with Gasteiger partial charge in [0.2, 0.25) is 0 Å². The number of anilines is 3. The first-order valence-corrected chi connectivity index (χ1v) is 13.1. The first-order chi connectivity index (χ1) is 17.0. The average molecular weight is 480 g/mol. The molecule has 0 saturated heterocycles. The van der Waals surface area contributed by atoms with Crippen LogP contribution in [0.1, 0.15) is 71.1 Å². The van der Waals surface area contributed by atoms with Crippen LogP contribution in [0.5, 0.6) is 11.5 Å². The predicted octanol–water partition coefficient (Wildman–Crippen LogP) is 10.5. The SMILES string of the molecule is CCC(C)(CC(C)(C)/C=C/C=C(C)C)c1ccc(N2c3ccc(C)cc3Oc3cc(C)ccc32)cc1. The first kappa shape index (κ1) is 25.8. The van der Waals surface area contributed by atoms with E-state index in [2.05, 4.69) is 139 Å². The van der Waals surface area contributed by atoms with Gasteiger partial charge in [0.15, 0.2) is 11.5 Å². The zero-order chi connectivity index (χ0) is 26.1. The fraction of sp³-hybridized carbons (Fsp3) is 0.353. The standard InChI is InChI=1S/C34H41NO/c1-9-34(8,23-33(6,7)20-10-11-24(2)3)27-14-16-28(17-15-27)35-29-18-12-25(4)21-31(29)36-32-22-26(5)13-19-30(32)35/h10-22H,9,23H2,1-8H3/b20-10+. The molecule has 0 fully saturated rings. The van der Waals surface area contributed by atoms with E-state index in [0.29, 0.717) is 0 Å². The quantitative estimate of drug-likeness (QED) is 0.244. The van der Waals surface area contributed by atoms with E-state index in [1.54, 1.807) is 0 Å². The summed E-state index contributed by atoms with van der Waals surface area (Å²) in [6.07, 6.45) is 8.94. The van der Waals surface area contributed by atoms with Gasteiger partial charge >= 0.3 is 0 Å².